The van der Waals surface area contributed by atoms with Gasteiger partial charge in [-0.05, 0) is 37.6 Å². The minimum absolute atomic E-state index is 0.197. The molecule has 0 unspecified atom stereocenters. The summed E-state index contributed by atoms with van der Waals surface area (Å²) in [5.74, 6) is -0.266. The van der Waals surface area contributed by atoms with Gasteiger partial charge < -0.3 is 5.32 Å². The van der Waals surface area contributed by atoms with Crippen LogP contribution in [-0.2, 0) is 19.8 Å². The second-order valence-electron chi connectivity index (χ2n) is 6.38. The summed E-state index contributed by atoms with van der Waals surface area (Å²) >= 11 is 1.11. The van der Waals surface area contributed by atoms with Crippen molar-refractivity contribution in [1.82, 2.24) is 15.1 Å². The molecule has 3 aromatic rings. The van der Waals surface area contributed by atoms with Crippen LogP contribution in [0.3, 0.4) is 0 Å². The highest BCUT2D eigenvalue weighted by atomic mass is 32.1. The van der Waals surface area contributed by atoms with Crippen LogP contribution in [-0.4, -0.2) is 15.7 Å². The Hall–Kier alpha value is -2.61. The number of nitrogens with zero attached hydrogens (tertiary/aromatic N) is 2. The van der Waals surface area contributed by atoms with Gasteiger partial charge in [0.25, 0.3) is 5.91 Å². The third-order valence-corrected chi connectivity index (χ3v) is 5.09. The minimum Gasteiger partial charge on any atom is -0.347 e. The van der Waals surface area contributed by atoms with Gasteiger partial charge in [0.2, 0.25) is 0 Å². The largest absolute Gasteiger partial charge is 0.433 e. The Bertz CT molecular complexity index is 968. The van der Waals surface area contributed by atoms with Crippen molar-refractivity contribution >= 4 is 17.2 Å². The van der Waals surface area contributed by atoms with Gasteiger partial charge >= 0.3 is 6.18 Å². The molecule has 2 heterocycles. The molecule has 0 aliphatic carbocycles. The standard InChI is InChI=1S/C19H18F3N3OS/c1-11-6-12(2)8-13(7-11)10-23-18(26)16-5-4-15(27-16)14-9-17(19(20,21)22)25(3)24-14/h4-9H,10H2,1-3H3,(H,23,26). The molecule has 1 aromatic carbocycles. The van der Waals surface area contributed by atoms with E-state index in [1.807, 2.05) is 26.0 Å². The fourth-order valence-corrected chi connectivity index (χ4v) is 3.77. The van der Waals surface area contributed by atoms with Gasteiger partial charge in [-0.1, -0.05) is 29.3 Å². The number of rotatable bonds is 4. The second kappa shape index (κ2) is 7.19. The topological polar surface area (TPSA) is 46.9 Å². The van der Waals surface area contributed by atoms with E-state index < -0.39 is 11.9 Å². The normalized spacial score (nSPS) is 11.6. The molecule has 1 amide bonds. The molecule has 2 aromatic heterocycles. The first-order valence-electron chi connectivity index (χ1n) is 8.20. The average molecular weight is 393 g/mol. The Morgan fingerprint density at radius 2 is 1.81 bits per heavy atom. The number of thiophene rings is 1. The van der Waals surface area contributed by atoms with E-state index >= 15 is 0 Å². The molecule has 0 aliphatic rings. The molecule has 0 fully saturated rings. The molecule has 0 saturated heterocycles. The van der Waals surface area contributed by atoms with Gasteiger partial charge in [0.15, 0.2) is 0 Å². The summed E-state index contributed by atoms with van der Waals surface area (Å²) in [6, 6.07) is 10.2. The van der Waals surface area contributed by atoms with Gasteiger partial charge in [-0.15, -0.1) is 11.3 Å². The van der Waals surface area contributed by atoms with E-state index in [0.29, 0.717) is 16.3 Å². The zero-order valence-corrected chi connectivity index (χ0v) is 15.8. The van der Waals surface area contributed by atoms with Crippen molar-refractivity contribution in [2.45, 2.75) is 26.6 Å². The highest BCUT2D eigenvalue weighted by molar-refractivity contribution is 7.17. The number of carbonyl (C=O) groups is 1. The number of benzene rings is 1. The quantitative estimate of drug-likeness (QED) is 0.698. The summed E-state index contributed by atoms with van der Waals surface area (Å²) in [5, 5.41) is 6.75. The Labute approximate surface area is 158 Å². The van der Waals surface area contributed by atoms with Crippen LogP contribution >= 0.6 is 11.3 Å². The van der Waals surface area contributed by atoms with Crippen LogP contribution in [0, 0.1) is 13.8 Å². The number of hydrogen-bond acceptors (Lipinski definition) is 3. The lowest BCUT2D eigenvalue weighted by molar-refractivity contribution is -0.143. The molecule has 0 spiro atoms. The smallest absolute Gasteiger partial charge is 0.347 e. The number of alkyl halides is 3. The van der Waals surface area contributed by atoms with Crippen molar-refractivity contribution < 1.29 is 18.0 Å². The highest BCUT2D eigenvalue weighted by Gasteiger charge is 2.35. The number of nitrogens with one attached hydrogen (secondary N) is 1. The van der Waals surface area contributed by atoms with Crippen molar-refractivity contribution in [3.8, 4) is 10.6 Å². The van der Waals surface area contributed by atoms with Crippen LogP contribution in [0.4, 0.5) is 13.2 Å². The van der Waals surface area contributed by atoms with E-state index in [4.69, 9.17) is 0 Å². The van der Waals surface area contributed by atoms with Crippen LogP contribution in [0.5, 0.6) is 0 Å². The summed E-state index contributed by atoms with van der Waals surface area (Å²) in [5.41, 5.74) is 2.61. The molecule has 0 bridgehead atoms. The molecular formula is C19H18F3N3OS. The SMILES string of the molecule is Cc1cc(C)cc(CNC(=O)c2ccc(-c3cc(C(F)(F)F)n(C)n3)s2)c1. The van der Waals surface area contributed by atoms with Crippen molar-refractivity contribution in [2.24, 2.45) is 7.05 Å². The third-order valence-electron chi connectivity index (χ3n) is 3.99. The first kappa shape index (κ1) is 19.2. The summed E-state index contributed by atoms with van der Waals surface area (Å²) in [6.45, 7) is 4.37. The maximum atomic E-state index is 12.9. The first-order chi connectivity index (χ1) is 12.6. The Morgan fingerprint density at radius 1 is 1.15 bits per heavy atom. The average Bonchev–Trinajstić information content (AvgIpc) is 3.17. The molecule has 27 heavy (non-hydrogen) atoms. The summed E-state index contributed by atoms with van der Waals surface area (Å²) < 4.78 is 39.5. The predicted molar refractivity (Wildman–Crippen MR) is 98.6 cm³/mol. The molecule has 3 rings (SSSR count). The van der Waals surface area contributed by atoms with E-state index in [-0.39, 0.29) is 11.6 Å². The lowest BCUT2D eigenvalue weighted by Crippen LogP contribution is -2.21. The molecule has 0 atom stereocenters. The number of carbonyl (C=O) groups excluding carboxylic acids is 1. The molecule has 142 valence electrons. The van der Waals surface area contributed by atoms with E-state index in [1.54, 1.807) is 12.1 Å². The van der Waals surface area contributed by atoms with Gasteiger partial charge in [0, 0.05) is 13.6 Å². The Kier molecular flexibility index (Phi) is 5.10. The Morgan fingerprint density at radius 3 is 2.41 bits per heavy atom. The molecule has 0 aliphatic heterocycles. The van der Waals surface area contributed by atoms with Crippen molar-refractivity contribution in [3.05, 3.63) is 63.7 Å². The lowest BCUT2D eigenvalue weighted by atomic mass is 10.1. The summed E-state index contributed by atoms with van der Waals surface area (Å²) in [4.78, 5) is 13.3. The lowest BCUT2D eigenvalue weighted by Gasteiger charge is -2.06. The predicted octanol–water partition coefficient (Wildman–Crippen LogP) is 4.71. The molecule has 0 radical (unpaired) electrons. The fourth-order valence-electron chi connectivity index (χ4n) is 2.89. The number of halogens is 3. The number of aromatic nitrogens is 2. The molecular weight excluding hydrogens is 375 g/mol. The number of hydrogen-bond donors (Lipinski definition) is 1. The second-order valence-corrected chi connectivity index (χ2v) is 7.46. The summed E-state index contributed by atoms with van der Waals surface area (Å²) in [6.07, 6.45) is -4.47. The zero-order chi connectivity index (χ0) is 19.8. The maximum Gasteiger partial charge on any atom is 0.433 e. The van der Waals surface area contributed by atoms with Gasteiger partial charge in [0.1, 0.15) is 11.4 Å². The molecule has 0 saturated carbocycles. The molecule has 8 heteroatoms. The van der Waals surface area contributed by atoms with E-state index in [0.717, 1.165) is 38.8 Å². The third kappa shape index (κ3) is 4.39. The maximum absolute atomic E-state index is 12.9. The molecule has 1 N–H and O–H groups in total. The minimum atomic E-state index is -4.47. The van der Waals surface area contributed by atoms with Gasteiger partial charge in [-0.3, -0.25) is 9.48 Å². The van der Waals surface area contributed by atoms with Crippen molar-refractivity contribution in [1.29, 1.82) is 0 Å². The van der Waals surface area contributed by atoms with Gasteiger partial charge in [-0.25, -0.2) is 0 Å². The van der Waals surface area contributed by atoms with E-state index in [1.165, 1.54) is 7.05 Å². The van der Waals surface area contributed by atoms with Crippen LogP contribution in [0.2, 0.25) is 0 Å². The fraction of sp³-hybridized carbons (Fsp3) is 0.263. The van der Waals surface area contributed by atoms with Crippen molar-refractivity contribution in [2.75, 3.05) is 0 Å². The van der Waals surface area contributed by atoms with Crippen molar-refractivity contribution in [3.63, 3.8) is 0 Å². The van der Waals surface area contributed by atoms with E-state index in [2.05, 4.69) is 16.5 Å². The molecule has 4 nitrogen and oxygen atoms in total. The zero-order valence-electron chi connectivity index (χ0n) is 15.0. The van der Waals surface area contributed by atoms with Crippen LogP contribution < -0.4 is 5.32 Å². The van der Waals surface area contributed by atoms with Crippen LogP contribution in [0.15, 0.2) is 36.4 Å². The highest BCUT2D eigenvalue weighted by Crippen LogP contribution is 2.34. The number of aryl methyl sites for hydroxylation is 3. The Balaban J connectivity index is 1.73. The van der Waals surface area contributed by atoms with Gasteiger partial charge in [0.05, 0.1) is 9.75 Å². The number of amides is 1. The van der Waals surface area contributed by atoms with Crippen LogP contribution in [0.25, 0.3) is 10.6 Å². The van der Waals surface area contributed by atoms with Crippen LogP contribution in [0.1, 0.15) is 32.1 Å². The monoisotopic (exact) mass is 393 g/mol. The first-order valence-corrected chi connectivity index (χ1v) is 9.02. The van der Waals surface area contributed by atoms with E-state index in [9.17, 15) is 18.0 Å². The van der Waals surface area contributed by atoms with Gasteiger partial charge in [-0.2, -0.15) is 18.3 Å². The summed E-state index contributed by atoms with van der Waals surface area (Å²) in [7, 11) is 1.25.